The molecule has 1 saturated heterocycles. The molecule has 1 N–H and O–H groups in total. The second kappa shape index (κ2) is 10.1. The van der Waals surface area contributed by atoms with Crippen LogP contribution in [0.3, 0.4) is 0 Å². The highest BCUT2D eigenvalue weighted by Gasteiger charge is 2.31. The molecule has 0 saturated carbocycles. The van der Waals surface area contributed by atoms with E-state index >= 15 is 0 Å². The van der Waals surface area contributed by atoms with Gasteiger partial charge in [0.05, 0.1) is 19.3 Å². The lowest BCUT2D eigenvalue weighted by Gasteiger charge is -2.16. The van der Waals surface area contributed by atoms with Crippen LogP contribution in [0.25, 0.3) is 11.4 Å². The highest BCUT2D eigenvalue weighted by Crippen LogP contribution is 2.23. The molecule has 1 aliphatic heterocycles. The van der Waals surface area contributed by atoms with Gasteiger partial charge in [0.2, 0.25) is 5.82 Å². The molecule has 1 aromatic carbocycles. The van der Waals surface area contributed by atoms with E-state index < -0.39 is 5.97 Å². The Balaban J connectivity index is 1.37. The maximum absolute atomic E-state index is 12.9. The first-order valence-corrected chi connectivity index (χ1v) is 11.8. The summed E-state index contributed by atoms with van der Waals surface area (Å²) in [5.74, 6) is -0.515. The van der Waals surface area contributed by atoms with Crippen LogP contribution in [0.4, 0.5) is 0 Å². The molecule has 3 aromatic rings. The van der Waals surface area contributed by atoms with Crippen molar-refractivity contribution in [2.45, 2.75) is 32.7 Å². The van der Waals surface area contributed by atoms with E-state index in [1.165, 1.54) is 4.80 Å². The van der Waals surface area contributed by atoms with Gasteiger partial charge in [0, 0.05) is 30.3 Å². The summed E-state index contributed by atoms with van der Waals surface area (Å²) >= 11 is 1.04. The van der Waals surface area contributed by atoms with Crippen LogP contribution >= 0.6 is 11.3 Å². The fraction of sp³-hybridized carbons (Fsp3) is 0.409. The zero-order valence-corrected chi connectivity index (χ0v) is 20.0. The number of hydrogen-bond donors (Lipinski definition) is 1. The third-order valence-electron chi connectivity index (χ3n) is 5.30. The minimum Gasteiger partial charge on any atom is -0.461 e. The number of ether oxygens (including phenoxy) is 1. The Hall–Kier alpha value is -3.67. The highest BCUT2D eigenvalue weighted by atomic mass is 32.1. The number of aryl methyl sites for hydroxylation is 2. The number of thiazole rings is 1. The average Bonchev–Trinajstić information content (AvgIpc) is 3.57. The molecule has 1 fully saturated rings. The number of tetrazole rings is 1. The first-order valence-electron chi connectivity index (χ1n) is 10.9. The van der Waals surface area contributed by atoms with Crippen LogP contribution in [-0.4, -0.2) is 73.6 Å². The Morgan fingerprint density at radius 1 is 1.29 bits per heavy atom. The normalized spacial score (nSPS) is 15.4. The monoisotopic (exact) mass is 483 g/mol. The van der Waals surface area contributed by atoms with Crippen molar-refractivity contribution in [3.63, 3.8) is 0 Å². The Morgan fingerprint density at radius 3 is 2.85 bits per heavy atom. The number of hydrogen-bond acceptors (Lipinski definition) is 9. The van der Waals surface area contributed by atoms with Gasteiger partial charge in [-0.25, -0.2) is 9.78 Å². The van der Waals surface area contributed by atoms with Crippen LogP contribution in [-0.2, 0) is 11.8 Å². The topological polar surface area (TPSA) is 132 Å². The van der Waals surface area contributed by atoms with E-state index in [-0.39, 0.29) is 22.9 Å². The second-order valence-corrected chi connectivity index (χ2v) is 8.96. The molecule has 2 amide bonds. The summed E-state index contributed by atoms with van der Waals surface area (Å²) in [5.41, 5.74) is 1.65. The molecule has 1 atom stereocenters. The van der Waals surface area contributed by atoms with Crippen molar-refractivity contribution in [3.05, 3.63) is 45.4 Å². The van der Waals surface area contributed by atoms with E-state index in [0.717, 1.165) is 17.8 Å². The van der Waals surface area contributed by atoms with Crippen molar-refractivity contribution in [2.75, 3.05) is 19.7 Å². The Morgan fingerprint density at radius 2 is 2.12 bits per heavy atom. The van der Waals surface area contributed by atoms with Crippen molar-refractivity contribution in [3.8, 4) is 11.4 Å². The van der Waals surface area contributed by atoms with Crippen LogP contribution in [0.1, 0.15) is 55.3 Å². The first-order chi connectivity index (χ1) is 16.4. The van der Waals surface area contributed by atoms with Gasteiger partial charge in [-0.15, -0.1) is 21.5 Å². The van der Waals surface area contributed by atoms with Crippen molar-refractivity contribution < 1.29 is 19.1 Å². The molecule has 3 heterocycles. The molecule has 0 spiro atoms. The van der Waals surface area contributed by atoms with Gasteiger partial charge < -0.3 is 15.0 Å². The van der Waals surface area contributed by atoms with Crippen LogP contribution in [0.5, 0.6) is 0 Å². The number of amides is 2. The van der Waals surface area contributed by atoms with Crippen LogP contribution < -0.4 is 5.32 Å². The largest absolute Gasteiger partial charge is 0.461 e. The van der Waals surface area contributed by atoms with Gasteiger partial charge in [-0.05, 0) is 37.1 Å². The van der Waals surface area contributed by atoms with Gasteiger partial charge in [-0.3, -0.25) is 9.59 Å². The Bertz CT molecular complexity index is 1220. The van der Waals surface area contributed by atoms with Crippen LogP contribution in [0, 0.1) is 6.92 Å². The predicted molar refractivity (Wildman–Crippen MR) is 123 cm³/mol. The van der Waals surface area contributed by atoms with Crippen molar-refractivity contribution >= 4 is 29.1 Å². The SMILES string of the molecule is CCCOC(=O)c1sc(C(=O)N2CC[C@H](NC(=O)c3cccc(-c4nnn(C)n4)c3)C2)nc1C. The predicted octanol–water partition coefficient (Wildman–Crippen LogP) is 1.85. The summed E-state index contributed by atoms with van der Waals surface area (Å²) < 4.78 is 5.16. The standard InChI is InChI=1S/C22H25N7O4S/c1-4-10-33-22(32)17-13(2)23-20(34-17)21(31)29-9-8-16(12-29)24-19(30)15-7-5-6-14(11-15)18-25-27-28(3)26-18/h5-7,11,16H,4,8-10,12H2,1-3H3,(H,24,30)/t16-/m0/s1. The summed E-state index contributed by atoms with van der Waals surface area (Å²) in [5, 5.41) is 15.2. The van der Waals surface area contributed by atoms with Gasteiger partial charge >= 0.3 is 5.97 Å². The molecule has 11 nitrogen and oxygen atoms in total. The third-order valence-corrected chi connectivity index (χ3v) is 6.43. The van der Waals surface area contributed by atoms with Gasteiger partial charge in [-0.1, -0.05) is 19.1 Å². The number of benzene rings is 1. The van der Waals surface area contributed by atoms with E-state index in [0.29, 0.717) is 53.6 Å². The smallest absolute Gasteiger partial charge is 0.350 e. The zero-order chi connectivity index (χ0) is 24.2. The van der Waals surface area contributed by atoms with E-state index in [1.54, 1.807) is 37.1 Å². The second-order valence-electron chi connectivity index (χ2n) is 7.96. The highest BCUT2D eigenvalue weighted by molar-refractivity contribution is 7.15. The molecule has 0 aliphatic carbocycles. The third kappa shape index (κ3) is 5.11. The molecule has 2 aromatic heterocycles. The molecular formula is C22H25N7O4S. The lowest BCUT2D eigenvalue weighted by atomic mass is 10.1. The van der Waals surface area contributed by atoms with E-state index in [4.69, 9.17) is 4.74 Å². The van der Waals surface area contributed by atoms with Crippen molar-refractivity contribution in [1.29, 1.82) is 0 Å². The maximum atomic E-state index is 12.9. The Labute approximate surface area is 200 Å². The summed E-state index contributed by atoms with van der Waals surface area (Å²) in [6.07, 6.45) is 1.34. The van der Waals surface area contributed by atoms with Gasteiger partial charge in [0.15, 0.2) is 5.01 Å². The summed E-state index contributed by atoms with van der Waals surface area (Å²) in [6.45, 7) is 4.78. The molecule has 34 heavy (non-hydrogen) atoms. The van der Waals surface area contributed by atoms with Gasteiger partial charge in [0.25, 0.3) is 11.8 Å². The lowest BCUT2D eigenvalue weighted by Crippen LogP contribution is -2.38. The summed E-state index contributed by atoms with van der Waals surface area (Å²) in [6, 6.07) is 6.81. The van der Waals surface area contributed by atoms with E-state index in [1.807, 2.05) is 13.0 Å². The number of rotatable bonds is 7. The number of nitrogens with zero attached hydrogens (tertiary/aromatic N) is 6. The van der Waals surface area contributed by atoms with Crippen LogP contribution in [0.2, 0.25) is 0 Å². The zero-order valence-electron chi connectivity index (χ0n) is 19.1. The van der Waals surface area contributed by atoms with Gasteiger partial charge in [0.1, 0.15) is 4.88 Å². The quantitative estimate of drug-likeness (QED) is 0.504. The lowest BCUT2D eigenvalue weighted by molar-refractivity contribution is 0.0509. The number of aromatic nitrogens is 5. The number of nitrogens with one attached hydrogen (secondary N) is 1. The number of likely N-dealkylation sites (tertiary alicyclic amines) is 1. The van der Waals surface area contributed by atoms with E-state index in [2.05, 4.69) is 25.7 Å². The molecule has 0 unspecified atom stereocenters. The van der Waals surface area contributed by atoms with Crippen LogP contribution in [0.15, 0.2) is 24.3 Å². The average molecular weight is 484 g/mol. The molecule has 4 rings (SSSR count). The number of carbonyl (C=O) groups is 3. The first kappa shape index (κ1) is 23.5. The molecule has 12 heteroatoms. The maximum Gasteiger partial charge on any atom is 0.350 e. The number of carbonyl (C=O) groups excluding carboxylic acids is 3. The van der Waals surface area contributed by atoms with Gasteiger partial charge in [-0.2, -0.15) is 4.80 Å². The Kier molecular flexibility index (Phi) is 6.96. The van der Waals surface area contributed by atoms with Crippen molar-refractivity contribution in [2.24, 2.45) is 7.05 Å². The molecule has 0 bridgehead atoms. The molecule has 1 aliphatic rings. The molecular weight excluding hydrogens is 458 g/mol. The fourth-order valence-electron chi connectivity index (χ4n) is 3.60. The minimum atomic E-state index is -0.457. The minimum absolute atomic E-state index is 0.190. The fourth-order valence-corrected chi connectivity index (χ4v) is 4.53. The molecule has 0 radical (unpaired) electrons. The summed E-state index contributed by atoms with van der Waals surface area (Å²) in [7, 11) is 1.67. The number of esters is 1. The molecule has 178 valence electrons. The summed E-state index contributed by atoms with van der Waals surface area (Å²) in [4.78, 5) is 45.5. The van der Waals surface area contributed by atoms with E-state index in [9.17, 15) is 14.4 Å². The van der Waals surface area contributed by atoms with Crippen molar-refractivity contribution in [1.82, 2.24) is 35.4 Å².